The Hall–Kier alpha value is -0.0400. The van der Waals surface area contributed by atoms with E-state index in [4.69, 9.17) is 0 Å². The van der Waals surface area contributed by atoms with E-state index in [2.05, 4.69) is 18.7 Å². The highest BCUT2D eigenvalue weighted by molar-refractivity contribution is 4.74. The van der Waals surface area contributed by atoms with Gasteiger partial charge in [-0.1, -0.05) is 39.5 Å². The summed E-state index contributed by atoms with van der Waals surface area (Å²) in [7, 11) is 0. The summed E-state index contributed by atoms with van der Waals surface area (Å²) in [6, 6.07) is 0.922. The maximum Gasteiger partial charge on any atom is 0.00951 e. The van der Waals surface area contributed by atoms with Crippen molar-refractivity contribution < 1.29 is 0 Å². The van der Waals surface area contributed by atoms with Crippen LogP contribution in [0.1, 0.15) is 58.8 Å². The lowest BCUT2D eigenvalue weighted by molar-refractivity contribution is 0.161. The van der Waals surface area contributed by atoms with Crippen LogP contribution in [0.2, 0.25) is 0 Å². The lowest BCUT2D eigenvalue weighted by atomic mass is 9.94. The Morgan fingerprint density at radius 2 is 1.77 bits per heavy atom. The first kappa shape index (κ1) is 11.0. The molecule has 0 unspecified atom stereocenters. The van der Waals surface area contributed by atoms with Gasteiger partial charge in [-0.25, -0.2) is 0 Å². The first-order chi connectivity index (χ1) is 6.38. The maximum atomic E-state index is 2.70. The Kier molecular flexibility index (Phi) is 5.45. The van der Waals surface area contributed by atoms with Gasteiger partial charge in [-0.15, -0.1) is 0 Å². The van der Waals surface area contributed by atoms with Gasteiger partial charge in [-0.3, -0.25) is 0 Å². The van der Waals surface area contributed by atoms with E-state index in [0.717, 1.165) is 6.04 Å². The largest absolute Gasteiger partial charge is 0.301 e. The average Bonchev–Trinajstić information content (AvgIpc) is 2.21. The maximum absolute atomic E-state index is 2.70. The molecule has 0 aromatic heterocycles. The van der Waals surface area contributed by atoms with Crippen LogP contribution in [-0.2, 0) is 0 Å². The van der Waals surface area contributed by atoms with E-state index in [9.17, 15) is 0 Å². The van der Waals surface area contributed by atoms with Crippen LogP contribution in [0, 0.1) is 0 Å². The normalized spacial score (nSPS) is 19.6. The number of nitrogens with zero attached hydrogens (tertiary/aromatic N) is 1. The summed E-state index contributed by atoms with van der Waals surface area (Å²) in [6.07, 6.45) is 10.0. The van der Waals surface area contributed by atoms with E-state index in [1.54, 1.807) is 0 Å². The van der Waals surface area contributed by atoms with Gasteiger partial charge in [0.2, 0.25) is 0 Å². The van der Waals surface area contributed by atoms with Crippen LogP contribution in [0.25, 0.3) is 0 Å². The van der Waals surface area contributed by atoms with E-state index in [-0.39, 0.29) is 0 Å². The van der Waals surface area contributed by atoms with E-state index < -0.39 is 0 Å². The molecule has 1 aliphatic rings. The molecule has 0 bridgehead atoms. The molecule has 0 heterocycles. The summed E-state index contributed by atoms with van der Waals surface area (Å²) in [6.45, 7) is 7.18. The van der Waals surface area contributed by atoms with Crippen molar-refractivity contribution in [3.05, 3.63) is 0 Å². The molecule has 1 aliphatic carbocycles. The molecule has 78 valence electrons. The van der Waals surface area contributed by atoms with Gasteiger partial charge in [0.05, 0.1) is 0 Å². The second kappa shape index (κ2) is 6.42. The minimum atomic E-state index is 0.922. The molecule has 1 nitrogen and oxygen atoms in total. The fourth-order valence-electron chi connectivity index (χ4n) is 2.41. The lowest BCUT2D eigenvalue weighted by Gasteiger charge is -2.33. The average molecular weight is 183 g/mol. The molecule has 0 N–H and O–H groups in total. The molecule has 0 radical (unpaired) electrons. The molecule has 0 saturated heterocycles. The fourth-order valence-corrected chi connectivity index (χ4v) is 2.41. The Morgan fingerprint density at radius 1 is 1.08 bits per heavy atom. The van der Waals surface area contributed by atoms with Crippen molar-refractivity contribution in [2.45, 2.75) is 64.8 Å². The summed E-state index contributed by atoms with van der Waals surface area (Å²) < 4.78 is 0. The van der Waals surface area contributed by atoms with Gasteiger partial charge in [-0.2, -0.15) is 0 Å². The van der Waals surface area contributed by atoms with Crippen LogP contribution in [-0.4, -0.2) is 24.0 Å². The lowest BCUT2D eigenvalue weighted by Crippen LogP contribution is -2.37. The van der Waals surface area contributed by atoms with Gasteiger partial charge in [0, 0.05) is 6.04 Å². The van der Waals surface area contributed by atoms with E-state index in [1.165, 1.54) is 58.0 Å². The predicted octanol–water partition coefficient (Wildman–Crippen LogP) is 3.44. The summed E-state index contributed by atoms with van der Waals surface area (Å²) in [5.74, 6) is 0. The molecule has 0 amide bonds. The molecule has 0 spiro atoms. The third-order valence-corrected chi connectivity index (χ3v) is 3.30. The van der Waals surface area contributed by atoms with E-state index in [0.29, 0.717) is 0 Å². The molecule has 13 heavy (non-hydrogen) atoms. The Balaban J connectivity index is 2.26. The van der Waals surface area contributed by atoms with Crippen molar-refractivity contribution in [3.63, 3.8) is 0 Å². The first-order valence-electron chi connectivity index (χ1n) is 6.12. The Bertz CT molecular complexity index is 116. The fraction of sp³-hybridized carbons (Fsp3) is 1.00. The number of unbranched alkanes of at least 4 members (excludes halogenated alkanes) is 1. The van der Waals surface area contributed by atoms with Crippen LogP contribution in [0.3, 0.4) is 0 Å². The summed E-state index contributed by atoms with van der Waals surface area (Å²) in [4.78, 5) is 2.70. The molecule has 1 rings (SSSR count). The van der Waals surface area contributed by atoms with Crippen LogP contribution < -0.4 is 0 Å². The Morgan fingerprint density at radius 3 is 2.31 bits per heavy atom. The van der Waals surface area contributed by atoms with Gasteiger partial charge < -0.3 is 4.90 Å². The molecule has 1 heteroatoms. The van der Waals surface area contributed by atoms with Crippen LogP contribution in [0.4, 0.5) is 0 Å². The summed E-state index contributed by atoms with van der Waals surface area (Å²) in [5, 5.41) is 0. The third-order valence-electron chi connectivity index (χ3n) is 3.30. The van der Waals surface area contributed by atoms with Gasteiger partial charge in [0.15, 0.2) is 0 Å². The number of hydrogen-bond donors (Lipinski definition) is 0. The van der Waals surface area contributed by atoms with Crippen molar-refractivity contribution in [1.29, 1.82) is 0 Å². The Labute approximate surface area is 83.5 Å². The zero-order valence-corrected chi connectivity index (χ0v) is 9.39. The quantitative estimate of drug-likeness (QED) is 0.631. The molecular formula is C12H25N. The molecule has 0 atom stereocenters. The van der Waals surface area contributed by atoms with Crippen molar-refractivity contribution in [2.24, 2.45) is 0 Å². The summed E-state index contributed by atoms with van der Waals surface area (Å²) >= 11 is 0. The monoisotopic (exact) mass is 183 g/mol. The van der Waals surface area contributed by atoms with Gasteiger partial charge in [-0.05, 0) is 32.4 Å². The minimum Gasteiger partial charge on any atom is -0.301 e. The molecule has 0 aromatic carbocycles. The van der Waals surface area contributed by atoms with Gasteiger partial charge in [0.25, 0.3) is 0 Å². The van der Waals surface area contributed by atoms with Crippen LogP contribution in [0.15, 0.2) is 0 Å². The molecule has 1 fully saturated rings. The van der Waals surface area contributed by atoms with Crippen LogP contribution >= 0.6 is 0 Å². The molecule has 0 aliphatic heterocycles. The highest BCUT2D eigenvalue weighted by Gasteiger charge is 2.18. The van der Waals surface area contributed by atoms with Gasteiger partial charge in [0.1, 0.15) is 0 Å². The molecular weight excluding hydrogens is 158 g/mol. The zero-order valence-electron chi connectivity index (χ0n) is 9.39. The summed E-state index contributed by atoms with van der Waals surface area (Å²) in [5.41, 5.74) is 0. The second-order valence-corrected chi connectivity index (χ2v) is 4.27. The van der Waals surface area contributed by atoms with Crippen molar-refractivity contribution in [2.75, 3.05) is 13.1 Å². The SMILES string of the molecule is CCCCN(CC)C1CCCCC1. The van der Waals surface area contributed by atoms with Crippen LogP contribution in [0.5, 0.6) is 0 Å². The third kappa shape index (κ3) is 3.68. The number of rotatable bonds is 5. The van der Waals surface area contributed by atoms with Crippen molar-refractivity contribution in [3.8, 4) is 0 Å². The highest BCUT2D eigenvalue weighted by atomic mass is 15.1. The zero-order chi connectivity index (χ0) is 9.52. The second-order valence-electron chi connectivity index (χ2n) is 4.27. The van der Waals surface area contributed by atoms with Crippen molar-refractivity contribution >= 4 is 0 Å². The van der Waals surface area contributed by atoms with E-state index >= 15 is 0 Å². The topological polar surface area (TPSA) is 3.24 Å². The predicted molar refractivity (Wildman–Crippen MR) is 59.0 cm³/mol. The molecule has 1 saturated carbocycles. The van der Waals surface area contributed by atoms with Gasteiger partial charge >= 0.3 is 0 Å². The first-order valence-corrected chi connectivity index (χ1v) is 6.12. The minimum absolute atomic E-state index is 0.922. The number of hydrogen-bond acceptors (Lipinski definition) is 1. The standard InChI is InChI=1S/C12H25N/c1-3-5-11-13(4-2)12-9-7-6-8-10-12/h12H,3-11H2,1-2H3. The van der Waals surface area contributed by atoms with Crippen molar-refractivity contribution in [1.82, 2.24) is 4.90 Å². The van der Waals surface area contributed by atoms with E-state index in [1.807, 2.05) is 0 Å². The highest BCUT2D eigenvalue weighted by Crippen LogP contribution is 2.22. The smallest absolute Gasteiger partial charge is 0.00951 e. The molecule has 0 aromatic rings.